The van der Waals surface area contributed by atoms with Crippen LogP contribution < -0.4 is 11.3 Å². The van der Waals surface area contributed by atoms with Crippen LogP contribution in [0, 0.1) is 0 Å². The van der Waals surface area contributed by atoms with Crippen molar-refractivity contribution >= 4 is 5.91 Å². The van der Waals surface area contributed by atoms with Gasteiger partial charge in [-0.15, -0.1) is 0 Å². The minimum atomic E-state index is -0.291. The monoisotopic (exact) mass is 237 g/mol. The molecule has 0 aliphatic heterocycles. The van der Waals surface area contributed by atoms with Crippen molar-refractivity contribution in [3.8, 4) is 0 Å². The number of nitrogens with two attached hydrogens (primary N) is 1. The SMILES string of the molecule is CCN(CCO)Cc1ccccc1C(=O)NN. The van der Waals surface area contributed by atoms with E-state index in [9.17, 15) is 4.79 Å². The summed E-state index contributed by atoms with van der Waals surface area (Å²) in [6, 6.07) is 7.32. The minimum Gasteiger partial charge on any atom is -0.395 e. The van der Waals surface area contributed by atoms with Crippen LogP contribution in [0.5, 0.6) is 0 Å². The smallest absolute Gasteiger partial charge is 0.265 e. The Kier molecular flexibility index (Phi) is 5.62. The number of amides is 1. The van der Waals surface area contributed by atoms with Gasteiger partial charge in [-0.25, -0.2) is 5.84 Å². The second kappa shape index (κ2) is 7.01. The van der Waals surface area contributed by atoms with Crippen LogP contribution in [0.25, 0.3) is 0 Å². The van der Waals surface area contributed by atoms with Gasteiger partial charge in [0.25, 0.3) is 5.91 Å². The lowest BCUT2D eigenvalue weighted by Crippen LogP contribution is -2.32. The van der Waals surface area contributed by atoms with E-state index >= 15 is 0 Å². The lowest BCUT2D eigenvalue weighted by molar-refractivity contribution is 0.0951. The molecule has 0 radical (unpaired) electrons. The van der Waals surface area contributed by atoms with E-state index < -0.39 is 0 Å². The zero-order valence-electron chi connectivity index (χ0n) is 10.0. The number of benzene rings is 1. The predicted octanol–water partition coefficient (Wildman–Crippen LogP) is 0.104. The maximum absolute atomic E-state index is 11.6. The quantitative estimate of drug-likeness (QED) is 0.372. The summed E-state index contributed by atoms with van der Waals surface area (Å²) in [6.07, 6.45) is 0. The predicted molar refractivity (Wildman–Crippen MR) is 66.1 cm³/mol. The number of rotatable bonds is 6. The lowest BCUT2D eigenvalue weighted by atomic mass is 10.1. The van der Waals surface area contributed by atoms with Gasteiger partial charge in [-0.3, -0.25) is 15.1 Å². The number of hydrogen-bond acceptors (Lipinski definition) is 4. The number of hydrogen-bond donors (Lipinski definition) is 3. The largest absolute Gasteiger partial charge is 0.395 e. The third-order valence-corrected chi connectivity index (χ3v) is 2.65. The third kappa shape index (κ3) is 3.81. The number of hydrazine groups is 1. The van der Waals surface area contributed by atoms with Gasteiger partial charge in [0.1, 0.15) is 0 Å². The van der Waals surface area contributed by atoms with Gasteiger partial charge in [-0.1, -0.05) is 25.1 Å². The van der Waals surface area contributed by atoms with Crippen LogP contribution >= 0.6 is 0 Å². The Labute approximate surface area is 101 Å². The molecule has 5 nitrogen and oxygen atoms in total. The summed E-state index contributed by atoms with van der Waals surface area (Å²) in [6.45, 7) is 4.16. The fraction of sp³-hybridized carbons (Fsp3) is 0.417. The highest BCUT2D eigenvalue weighted by Crippen LogP contribution is 2.11. The van der Waals surface area contributed by atoms with E-state index in [2.05, 4.69) is 10.3 Å². The lowest BCUT2D eigenvalue weighted by Gasteiger charge is -2.20. The topological polar surface area (TPSA) is 78.6 Å². The van der Waals surface area contributed by atoms with Gasteiger partial charge in [0.15, 0.2) is 0 Å². The fourth-order valence-corrected chi connectivity index (χ4v) is 1.69. The Hall–Kier alpha value is -1.43. The first-order valence-electron chi connectivity index (χ1n) is 5.65. The highest BCUT2D eigenvalue weighted by molar-refractivity contribution is 5.95. The van der Waals surface area contributed by atoms with Crippen LogP contribution in [0.4, 0.5) is 0 Å². The molecule has 0 bridgehead atoms. The summed E-state index contributed by atoms with van der Waals surface area (Å²) in [4.78, 5) is 13.6. The Morgan fingerprint density at radius 1 is 1.47 bits per heavy atom. The first-order chi connectivity index (χ1) is 8.22. The average Bonchev–Trinajstić information content (AvgIpc) is 2.38. The molecule has 0 unspecified atom stereocenters. The minimum absolute atomic E-state index is 0.110. The summed E-state index contributed by atoms with van der Waals surface area (Å²) in [5.74, 6) is 4.85. The maximum atomic E-state index is 11.6. The third-order valence-electron chi connectivity index (χ3n) is 2.65. The maximum Gasteiger partial charge on any atom is 0.265 e. The molecule has 0 aliphatic rings. The van der Waals surface area contributed by atoms with Gasteiger partial charge in [-0.05, 0) is 18.2 Å². The second-order valence-electron chi connectivity index (χ2n) is 3.72. The molecule has 1 aromatic carbocycles. The Morgan fingerprint density at radius 2 is 2.18 bits per heavy atom. The van der Waals surface area contributed by atoms with Crippen LogP contribution in [0.1, 0.15) is 22.8 Å². The average molecular weight is 237 g/mol. The molecule has 5 heteroatoms. The summed E-state index contributed by atoms with van der Waals surface area (Å²) >= 11 is 0. The Bertz CT molecular complexity index is 369. The van der Waals surface area contributed by atoms with Crippen molar-refractivity contribution in [2.75, 3.05) is 19.7 Å². The number of carbonyl (C=O) groups excluding carboxylic acids is 1. The van der Waals surface area contributed by atoms with Gasteiger partial charge in [0, 0.05) is 18.7 Å². The van der Waals surface area contributed by atoms with E-state index in [1.807, 2.05) is 19.1 Å². The molecule has 94 valence electrons. The molecule has 0 saturated carbocycles. The normalized spacial score (nSPS) is 10.6. The molecule has 0 aliphatic carbocycles. The Morgan fingerprint density at radius 3 is 2.76 bits per heavy atom. The van der Waals surface area contributed by atoms with Crippen molar-refractivity contribution in [1.29, 1.82) is 0 Å². The highest BCUT2D eigenvalue weighted by atomic mass is 16.3. The molecular formula is C12H19N3O2. The van der Waals surface area contributed by atoms with E-state index in [0.717, 1.165) is 12.1 Å². The molecule has 0 aromatic heterocycles. The van der Waals surface area contributed by atoms with Crippen LogP contribution in [0.3, 0.4) is 0 Å². The van der Waals surface area contributed by atoms with E-state index in [-0.39, 0.29) is 12.5 Å². The standard InChI is InChI=1S/C12H19N3O2/c1-2-15(7-8-16)9-10-5-3-4-6-11(10)12(17)14-13/h3-6,16H,2,7-9,13H2,1H3,(H,14,17). The number of nitrogens with zero attached hydrogens (tertiary/aromatic N) is 1. The van der Waals surface area contributed by atoms with Gasteiger partial charge >= 0.3 is 0 Å². The Balaban J connectivity index is 2.85. The molecule has 0 heterocycles. The summed E-state index contributed by atoms with van der Waals surface area (Å²) in [5, 5.41) is 8.93. The molecule has 0 saturated heterocycles. The molecular weight excluding hydrogens is 218 g/mol. The number of likely N-dealkylation sites (N-methyl/N-ethyl adjacent to an activating group) is 1. The van der Waals surface area contributed by atoms with Crippen LogP contribution in [0.15, 0.2) is 24.3 Å². The van der Waals surface area contributed by atoms with Gasteiger partial charge in [0.05, 0.1) is 6.61 Å². The summed E-state index contributed by atoms with van der Waals surface area (Å²) in [5.41, 5.74) is 3.62. The number of carbonyl (C=O) groups is 1. The molecule has 4 N–H and O–H groups in total. The van der Waals surface area contributed by atoms with Crippen molar-refractivity contribution in [2.45, 2.75) is 13.5 Å². The van der Waals surface area contributed by atoms with Crippen molar-refractivity contribution < 1.29 is 9.90 Å². The van der Waals surface area contributed by atoms with Gasteiger partial charge in [-0.2, -0.15) is 0 Å². The van der Waals surface area contributed by atoms with Gasteiger partial charge in [0.2, 0.25) is 0 Å². The molecule has 0 atom stereocenters. The van der Waals surface area contributed by atoms with Crippen LogP contribution in [-0.2, 0) is 6.54 Å². The van der Waals surface area contributed by atoms with E-state index in [4.69, 9.17) is 10.9 Å². The molecule has 17 heavy (non-hydrogen) atoms. The molecule has 1 rings (SSSR count). The first-order valence-corrected chi connectivity index (χ1v) is 5.65. The van der Waals surface area contributed by atoms with E-state index in [1.54, 1.807) is 12.1 Å². The van der Waals surface area contributed by atoms with E-state index in [0.29, 0.717) is 18.7 Å². The molecule has 0 spiro atoms. The van der Waals surface area contributed by atoms with E-state index in [1.165, 1.54) is 0 Å². The van der Waals surface area contributed by atoms with Gasteiger partial charge < -0.3 is 5.11 Å². The van der Waals surface area contributed by atoms with Crippen LogP contribution in [-0.4, -0.2) is 35.6 Å². The van der Waals surface area contributed by atoms with Crippen LogP contribution in [0.2, 0.25) is 0 Å². The second-order valence-corrected chi connectivity index (χ2v) is 3.72. The molecule has 0 fully saturated rings. The number of nitrogens with one attached hydrogen (secondary N) is 1. The summed E-state index contributed by atoms with van der Waals surface area (Å²) < 4.78 is 0. The van der Waals surface area contributed by atoms with Crippen molar-refractivity contribution in [3.63, 3.8) is 0 Å². The summed E-state index contributed by atoms with van der Waals surface area (Å²) in [7, 11) is 0. The zero-order chi connectivity index (χ0) is 12.7. The van der Waals surface area contributed by atoms with Crippen molar-refractivity contribution in [3.05, 3.63) is 35.4 Å². The van der Waals surface area contributed by atoms with Crippen molar-refractivity contribution in [2.24, 2.45) is 5.84 Å². The number of aliphatic hydroxyl groups is 1. The van der Waals surface area contributed by atoms with Crippen molar-refractivity contribution in [1.82, 2.24) is 10.3 Å². The number of nitrogen functional groups attached to an aromatic ring is 1. The first kappa shape index (κ1) is 13.6. The highest BCUT2D eigenvalue weighted by Gasteiger charge is 2.11. The molecule has 1 amide bonds. The fourth-order valence-electron chi connectivity index (χ4n) is 1.69. The zero-order valence-corrected chi connectivity index (χ0v) is 10.0. The molecule has 1 aromatic rings. The number of aliphatic hydroxyl groups excluding tert-OH is 1.